The van der Waals surface area contributed by atoms with Crippen LogP contribution in [0.4, 0.5) is 33.6 Å². The highest BCUT2D eigenvalue weighted by Crippen LogP contribution is 2.28. The van der Waals surface area contributed by atoms with Gasteiger partial charge in [0, 0.05) is 24.0 Å². The summed E-state index contributed by atoms with van der Waals surface area (Å²) in [5, 5.41) is 2.26. The van der Waals surface area contributed by atoms with Crippen molar-refractivity contribution in [1.29, 1.82) is 0 Å². The Morgan fingerprint density at radius 3 is 2.23 bits per heavy atom. The molecule has 22 heavy (non-hydrogen) atoms. The van der Waals surface area contributed by atoms with Gasteiger partial charge in [-0.3, -0.25) is 9.36 Å². The van der Waals surface area contributed by atoms with E-state index in [1.54, 1.807) is 0 Å². The van der Waals surface area contributed by atoms with Crippen molar-refractivity contribution in [3.05, 3.63) is 58.5 Å². The Kier molecular flexibility index (Phi) is 3.98. The maximum atomic E-state index is 13.1. The second-order valence-corrected chi connectivity index (χ2v) is 4.14. The number of hydrogen-bond acceptors (Lipinski definition) is 3. The molecule has 2 rings (SSSR count). The zero-order valence-electron chi connectivity index (χ0n) is 10.8. The third kappa shape index (κ3) is 3.30. The maximum absolute atomic E-state index is 13.1. The smallest absolute Gasteiger partial charge is 0.325 e. The van der Waals surface area contributed by atoms with Crippen molar-refractivity contribution < 1.29 is 22.0 Å². The number of aromatic nitrogens is 2. The number of nitrogens with zero attached hydrogens (tertiary/aromatic N) is 2. The van der Waals surface area contributed by atoms with E-state index in [1.165, 1.54) is 0 Å². The van der Waals surface area contributed by atoms with Gasteiger partial charge in [0.05, 0.1) is 0 Å². The molecule has 0 atom stereocenters. The molecule has 1 N–H and O–H groups in total. The van der Waals surface area contributed by atoms with Crippen LogP contribution in [0.25, 0.3) is 6.20 Å². The molecule has 0 aliphatic rings. The van der Waals surface area contributed by atoms with Gasteiger partial charge >= 0.3 is 6.18 Å². The Morgan fingerprint density at radius 2 is 1.73 bits per heavy atom. The first-order chi connectivity index (χ1) is 10.2. The van der Waals surface area contributed by atoms with Crippen LogP contribution >= 0.6 is 0 Å². The highest BCUT2D eigenvalue weighted by atomic mass is 19.4. The fraction of sp³-hybridized carbons (Fsp3) is 0.0769. The van der Waals surface area contributed by atoms with Gasteiger partial charge in [0.25, 0.3) is 5.56 Å². The first-order valence-electron chi connectivity index (χ1n) is 5.77. The summed E-state index contributed by atoms with van der Waals surface area (Å²) < 4.78 is 64.9. The first-order valence-corrected chi connectivity index (χ1v) is 5.77. The van der Waals surface area contributed by atoms with Crippen LogP contribution in [0.5, 0.6) is 0 Å². The van der Waals surface area contributed by atoms with Gasteiger partial charge in [0.1, 0.15) is 11.6 Å². The average molecular weight is 317 g/mol. The van der Waals surface area contributed by atoms with Gasteiger partial charge in [-0.2, -0.15) is 13.2 Å². The molecule has 1 heterocycles. The summed E-state index contributed by atoms with van der Waals surface area (Å²) in [5.74, 6) is -2.45. The molecular formula is C13H8F5N3O. The third-order valence-corrected chi connectivity index (χ3v) is 2.54. The lowest BCUT2D eigenvalue weighted by Gasteiger charge is -2.13. The minimum absolute atomic E-state index is 0.209. The molecule has 0 unspecified atom stereocenters. The quantitative estimate of drug-likeness (QED) is 0.883. The van der Waals surface area contributed by atoms with E-state index >= 15 is 0 Å². The third-order valence-electron chi connectivity index (χ3n) is 2.54. The molecular weight excluding hydrogens is 309 g/mol. The summed E-state index contributed by atoms with van der Waals surface area (Å²) in [6, 6.07) is 2.55. The van der Waals surface area contributed by atoms with Gasteiger partial charge in [-0.15, -0.1) is 0 Å². The van der Waals surface area contributed by atoms with E-state index in [9.17, 15) is 26.7 Å². The van der Waals surface area contributed by atoms with Gasteiger partial charge in [0.2, 0.25) is 5.95 Å². The molecule has 0 fully saturated rings. The first kappa shape index (κ1) is 15.7. The number of halogens is 5. The molecule has 0 aliphatic carbocycles. The molecule has 1 aromatic carbocycles. The molecule has 1 aromatic heterocycles. The van der Waals surface area contributed by atoms with Crippen LogP contribution in [0.3, 0.4) is 0 Å². The molecule has 0 saturated carbocycles. The molecule has 0 saturated heterocycles. The van der Waals surface area contributed by atoms with E-state index in [-0.39, 0.29) is 5.69 Å². The van der Waals surface area contributed by atoms with Crippen molar-refractivity contribution in [1.82, 2.24) is 9.55 Å². The summed E-state index contributed by atoms with van der Waals surface area (Å²) in [6.45, 7) is 3.27. The van der Waals surface area contributed by atoms with E-state index in [4.69, 9.17) is 0 Å². The zero-order valence-corrected chi connectivity index (χ0v) is 10.8. The van der Waals surface area contributed by atoms with Gasteiger partial charge in [0.15, 0.2) is 5.69 Å². The minimum Gasteiger partial charge on any atom is -0.325 e. The predicted molar refractivity (Wildman–Crippen MR) is 69.5 cm³/mol. The lowest BCUT2D eigenvalue weighted by molar-refractivity contribution is -0.141. The van der Waals surface area contributed by atoms with Crippen molar-refractivity contribution >= 4 is 17.8 Å². The van der Waals surface area contributed by atoms with Crippen LogP contribution in [0.15, 0.2) is 35.6 Å². The number of rotatable bonds is 3. The monoisotopic (exact) mass is 317 g/mol. The van der Waals surface area contributed by atoms with Gasteiger partial charge in [-0.1, -0.05) is 6.58 Å². The predicted octanol–water partition coefficient (Wildman–Crippen LogP) is 3.38. The molecule has 2 aromatic rings. The van der Waals surface area contributed by atoms with Crippen molar-refractivity contribution in [2.45, 2.75) is 6.18 Å². The summed E-state index contributed by atoms with van der Waals surface area (Å²) in [6.07, 6.45) is -3.92. The number of nitrogens with one attached hydrogen (secondary N) is 1. The average Bonchev–Trinajstić information content (AvgIpc) is 2.36. The number of benzene rings is 1. The topological polar surface area (TPSA) is 46.9 Å². The van der Waals surface area contributed by atoms with Crippen LogP contribution < -0.4 is 10.9 Å². The van der Waals surface area contributed by atoms with Crippen molar-refractivity contribution in [3.63, 3.8) is 0 Å². The van der Waals surface area contributed by atoms with Crippen LogP contribution in [0.2, 0.25) is 0 Å². The number of anilines is 2. The SMILES string of the molecule is C=Cn1c(Nc2cc(F)cc(F)c2)nc(C(F)(F)F)cc1=O. The molecule has 9 heteroatoms. The fourth-order valence-electron chi connectivity index (χ4n) is 1.66. The second-order valence-electron chi connectivity index (χ2n) is 4.14. The molecule has 116 valence electrons. The summed E-state index contributed by atoms with van der Waals surface area (Å²) in [7, 11) is 0. The molecule has 4 nitrogen and oxygen atoms in total. The van der Waals surface area contributed by atoms with E-state index in [0.29, 0.717) is 16.7 Å². The van der Waals surface area contributed by atoms with Gasteiger partial charge in [-0.25, -0.2) is 13.8 Å². The molecule has 0 amide bonds. The largest absolute Gasteiger partial charge is 0.433 e. The van der Waals surface area contributed by atoms with Crippen LogP contribution in [0, 0.1) is 11.6 Å². The Labute approximate surface area is 120 Å². The molecule has 0 bridgehead atoms. The minimum atomic E-state index is -4.84. The molecule has 0 spiro atoms. The fourth-order valence-corrected chi connectivity index (χ4v) is 1.66. The Bertz CT molecular complexity index is 762. The summed E-state index contributed by atoms with van der Waals surface area (Å²) in [5.41, 5.74) is -2.69. The maximum Gasteiger partial charge on any atom is 0.433 e. The van der Waals surface area contributed by atoms with Gasteiger partial charge in [-0.05, 0) is 12.1 Å². The van der Waals surface area contributed by atoms with E-state index in [1.807, 2.05) is 0 Å². The molecule has 0 aliphatic heterocycles. The van der Waals surface area contributed by atoms with Gasteiger partial charge < -0.3 is 5.32 Å². The van der Waals surface area contributed by atoms with Crippen molar-refractivity contribution in [3.8, 4) is 0 Å². The second kappa shape index (κ2) is 5.58. The van der Waals surface area contributed by atoms with E-state index in [0.717, 1.165) is 18.3 Å². The van der Waals surface area contributed by atoms with E-state index in [2.05, 4.69) is 16.9 Å². The Hall–Kier alpha value is -2.71. The van der Waals surface area contributed by atoms with Crippen LogP contribution in [-0.4, -0.2) is 9.55 Å². The van der Waals surface area contributed by atoms with Crippen molar-refractivity contribution in [2.75, 3.05) is 5.32 Å². The van der Waals surface area contributed by atoms with Crippen molar-refractivity contribution in [2.24, 2.45) is 0 Å². The standard InChI is InChI=1S/C13H8F5N3O/c1-2-21-11(22)6-10(13(16,17)18)20-12(21)19-9-4-7(14)3-8(15)5-9/h2-6H,1H2,(H,19,20). The lowest BCUT2D eigenvalue weighted by atomic mass is 10.3. The number of hydrogen-bond donors (Lipinski definition) is 1. The Balaban J connectivity index is 2.55. The number of alkyl halides is 3. The van der Waals surface area contributed by atoms with Crippen LogP contribution in [0.1, 0.15) is 5.69 Å². The Morgan fingerprint density at radius 1 is 1.14 bits per heavy atom. The zero-order chi connectivity index (χ0) is 16.5. The highest BCUT2D eigenvalue weighted by Gasteiger charge is 2.34. The highest BCUT2D eigenvalue weighted by molar-refractivity contribution is 5.55. The lowest BCUT2D eigenvalue weighted by Crippen LogP contribution is -2.23. The van der Waals surface area contributed by atoms with E-state index < -0.39 is 35.0 Å². The molecule has 0 radical (unpaired) electrons. The van der Waals surface area contributed by atoms with Crippen LogP contribution in [-0.2, 0) is 6.18 Å². The summed E-state index contributed by atoms with van der Waals surface area (Å²) in [4.78, 5) is 14.9. The summed E-state index contributed by atoms with van der Waals surface area (Å²) >= 11 is 0. The normalized spacial score (nSPS) is 11.3.